The maximum Gasteiger partial charge on any atom is 0.341 e. The standard InChI is InChI=1S/C28H36N4O4S2/c1-6-32-25(19(4)36-21-14-13-17(2)15-18(21)3)30-31-28(32)37-16-23(33)29-26-24(27(34)35-5)20-11-9-7-8-10-12-22(20)38-26/h13-15,19H,6-12,16H2,1-5H3,(H,29,33). The lowest BCUT2D eigenvalue weighted by Crippen LogP contribution is -2.17. The van der Waals surface area contributed by atoms with Crippen LogP contribution in [-0.4, -0.2) is 39.5 Å². The molecule has 4 rings (SSSR count). The summed E-state index contributed by atoms with van der Waals surface area (Å²) in [4.78, 5) is 26.8. The Morgan fingerprint density at radius 1 is 1.16 bits per heavy atom. The number of thiophene rings is 1. The van der Waals surface area contributed by atoms with Crippen molar-refractivity contribution in [3.05, 3.63) is 51.2 Å². The van der Waals surface area contributed by atoms with Crippen molar-refractivity contribution in [3.8, 4) is 5.75 Å². The molecular weight excluding hydrogens is 520 g/mol. The van der Waals surface area contributed by atoms with Gasteiger partial charge in [0, 0.05) is 11.4 Å². The van der Waals surface area contributed by atoms with Crippen LogP contribution in [0.2, 0.25) is 0 Å². The molecule has 38 heavy (non-hydrogen) atoms. The Labute approximate surface area is 232 Å². The van der Waals surface area contributed by atoms with Crippen LogP contribution >= 0.6 is 23.1 Å². The molecule has 1 amide bonds. The van der Waals surface area contributed by atoms with E-state index in [2.05, 4.69) is 28.5 Å². The van der Waals surface area contributed by atoms with Crippen LogP contribution in [0.25, 0.3) is 0 Å². The number of fused-ring (bicyclic) bond motifs is 1. The smallest absolute Gasteiger partial charge is 0.341 e. The second-order valence-corrected chi connectivity index (χ2v) is 11.6. The summed E-state index contributed by atoms with van der Waals surface area (Å²) < 4.78 is 13.2. The quantitative estimate of drug-likeness (QED) is 0.244. The summed E-state index contributed by atoms with van der Waals surface area (Å²) in [5.74, 6) is 1.09. The highest BCUT2D eigenvalue weighted by Gasteiger charge is 2.26. The molecule has 2 heterocycles. The van der Waals surface area contributed by atoms with E-state index in [0.717, 1.165) is 49.0 Å². The van der Waals surface area contributed by atoms with E-state index < -0.39 is 0 Å². The molecule has 0 radical (unpaired) electrons. The maximum absolute atomic E-state index is 13.0. The minimum Gasteiger partial charge on any atom is -0.482 e. The van der Waals surface area contributed by atoms with Crippen molar-refractivity contribution in [1.82, 2.24) is 14.8 Å². The summed E-state index contributed by atoms with van der Waals surface area (Å²) in [7, 11) is 1.39. The van der Waals surface area contributed by atoms with Crippen molar-refractivity contribution in [3.63, 3.8) is 0 Å². The molecule has 8 nitrogen and oxygen atoms in total. The number of anilines is 1. The van der Waals surface area contributed by atoms with E-state index >= 15 is 0 Å². The molecule has 1 N–H and O–H groups in total. The van der Waals surface area contributed by atoms with Crippen molar-refractivity contribution in [2.24, 2.45) is 0 Å². The van der Waals surface area contributed by atoms with E-state index in [-0.39, 0.29) is 23.7 Å². The van der Waals surface area contributed by atoms with Gasteiger partial charge in [0.05, 0.1) is 18.4 Å². The maximum atomic E-state index is 13.0. The molecule has 1 unspecified atom stereocenters. The van der Waals surface area contributed by atoms with E-state index in [9.17, 15) is 9.59 Å². The number of hydrogen-bond acceptors (Lipinski definition) is 8. The van der Waals surface area contributed by atoms with E-state index in [1.165, 1.54) is 47.1 Å². The predicted molar refractivity (Wildman–Crippen MR) is 152 cm³/mol. The van der Waals surface area contributed by atoms with Gasteiger partial charge in [0.15, 0.2) is 17.1 Å². The monoisotopic (exact) mass is 556 g/mol. The van der Waals surface area contributed by atoms with Gasteiger partial charge in [-0.05, 0) is 70.6 Å². The lowest BCUT2D eigenvalue weighted by molar-refractivity contribution is -0.113. The Kier molecular flexibility index (Phi) is 9.49. The van der Waals surface area contributed by atoms with Crippen molar-refractivity contribution in [1.29, 1.82) is 0 Å². The van der Waals surface area contributed by atoms with Crippen LogP contribution in [0, 0.1) is 13.8 Å². The van der Waals surface area contributed by atoms with Gasteiger partial charge in [-0.15, -0.1) is 21.5 Å². The van der Waals surface area contributed by atoms with Crippen molar-refractivity contribution in [2.75, 3.05) is 18.2 Å². The highest BCUT2D eigenvalue weighted by molar-refractivity contribution is 7.99. The van der Waals surface area contributed by atoms with Crippen molar-refractivity contribution in [2.45, 2.75) is 84.0 Å². The number of aryl methyl sites for hydroxylation is 3. The zero-order chi connectivity index (χ0) is 27.2. The molecule has 1 atom stereocenters. The lowest BCUT2D eigenvalue weighted by atomic mass is 9.96. The Balaban J connectivity index is 1.45. The van der Waals surface area contributed by atoms with Gasteiger partial charge in [-0.2, -0.15) is 0 Å². The van der Waals surface area contributed by atoms with Gasteiger partial charge in [0.2, 0.25) is 5.91 Å². The normalized spacial score (nSPS) is 14.2. The molecule has 0 fully saturated rings. The lowest BCUT2D eigenvalue weighted by Gasteiger charge is -2.17. The largest absolute Gasteiger partial charge is 0.482 e. The highest BCUT2D eigenvalue weighted by Crippen LogP contribution is 2.38. The van der Waals surface area contributed by atoms with Crippen LogP contribution in [0.5, 0.6) is 5.75 Å². The van der Waals surface area contributed by atoms with Crippen LogP contribution in [0.3, 0.4) is 0 Å². The van der Waals surface area contributed by atoms with Crippen LogP contribution in [0.15, 0.2) is 23.4 Å². The Bertz CT molecular complexity index is 1300. The first-order chi connectivity index (χ1) is 18.3. The van der Waals surface area contributed by atoms with Gasteiger partial charge in [-0.3, -0.25) is 4.79 Å². The van der Waals surface area contributed by atoms with E-state index in [1.807, 2.05) is 37.5 Å². The second-order valence-electron chi connectivity index (χ2n) is 9.56. The van der Waals surface area contributed by atoms with E-state index in [0.29, 0.717) is 28.1 Å². The number of aromatic nitrogens is 3. The van der Waals surface area contributed by atoms with Gasteiger partial charge >= 0.3 is 5.97 Å². The molecule has 0 bridgehead atoms. The molecule has 1 aromatic carbocycles. The van der Waals surface area contributed by atoms with Crippen molar-refractivity contribution < 1.29 is 19.1 Å². The first-order valence-corrected chi connectivity index (χ1v) is 14.9. The molecule has 1 aliphatic carbocycles. The topological polar surface area (TPSA) is 95.3 Å². The fourth-order valence-electron chi connectivity index (χ4n) is 4.80. The third-order valence-electron chi connectivity index (χ3n) is 6.71. The van der Waals surface area contributed by atoms with Crippen molar-refractivity contribution >= 4 is 40.0 Å². The third kappa shape index (κ3) is 6.40. The number of rotatable bonds is 9. The number of amides is 1. The van der Waals surface area contributed by atoms with Crippen LogP contribution in [-0.2, 0) is 28.9 Å². The summed E-state index contributed by atoms with van der Waals surface area (Å²) in [5, 5.41) is 12.9. The molecule has 10 heteroatoms. The molecule has 0 aliphatic heterocycles. The summed E-state index contributed by atoms with van der Waals surface area (Å²) in [6, 6.07) is 6.09. The SMILES string of the molecule is CCn1c(SCC(=O)Nc2sc3c(c2C(=O)OC)CCCCCC3)nnc1C(C)Oc1ccc(C)cc1C. The van der Waals surface area contributed by atoms with Crippen LogP contribution < -0.4 is 10.1 Å². The first-order valence-electron chi connectivity index (χ1n) is 13.1. The van der Waals surface area contributed by atoms with Gasteiger partial charge in [0.25, 0.3) is 0 Å². The number of hydrogen-bond donors (Lipinski definition) is 1. The summed E-state index contributed by atoms with van der Waals surface area (Å²) >= 11 is 2.83. The van der Waals surface area contributed by atoms with Gasteiger partial charge in [-0.1, -0.05) is 42.3 Å². The summed E-state index contributed by atoms with van der Waals surface area (Å²) in [5.41, 5.74) is 3.81. The van der Waals surface area contributed by atoms with Gasteiger partial charge < -0.3 is 19.4 Å². The molecule has 204 valence electrons. The van der Waals surface area contributed by atoms with Gasteiger partial charge in [-0.25, -0.2) is 4.79 Å². The molecule has 0 saturated heterocycles. The second kappa shape index (κ2) is 12.8. The number of nitrogens with one attached hydrogen (secondary N) is 1. The number of carbonyl (C=O) groups excluding carboxylic acids is 2. The van der Waals surface area contributed by atoms with Crippen LogP contribution in [0.4, 0.5) is 5.00 Å². The fourth-order valence-corrected chi connectivity index (χ4v) is 6.90. The summed E-state index contributed by atoms with van der Waals surface area (Å²) in [6.07, 6.45) is 5.95. The number of esters is 1. The Morgan fingerprint density at radius 3 is 2.63 bits per heavy atom. The van der Waals surface area contributed by atoms with Crippen LogP contribution in [0.1, 0.15) is 83.4 Å². The first kappa shape index (κ1) is 28.2. The molecule has 3 aromatic rings. The zero-order valence-electron chi connectivity index (χ0n) is 22.8. The number of benzene rings is 1. The van der Waals surface area contributed by atoms with E-state index in [1.54, 1.807) is 0 Å². The Morgan fingerprint density at radius 2 is 1.92 bits per heavy atom. The minimum absolute atomic E-state index is 0.146. The summed E-state index contributed by atoms with van der Waals surface area (Å²) in [6.45, 7) is 8.70. The van der Waals surface area contributed by atoms with E-state index in [4.69, 9.17) is 9.47 Å². The fraction of sp³-hybridized carbons (Fsp3) is 0.500. The molecular formula is C28H36N4O4S2. The number of methoxy groups -OCH3 is 1. The molecule has 0 saturated carbocycles. The number of nitrogens with zero attached hydrogens (tertiary/aromatic N) is 3. The third-order valence-corrected chi connectivity index (χ3v) is 8.88. The molecule has 0 spiro atoms. The highest BCUT2D eigenvalue weighted by atomic mass is 32.2. The van der Waals surface area contributed by atoms with Gasteiger partial charge in [0.1, 0.15) is 10.8 Å². The zero-order valence-corrected chi connectivity index (χ0v) is 24.4. The minimum atomic E-state index is -0.390. The average Bonchev–Trinajstić information content (AvgIpc) is 3.44. The Hall–Kier alpha value is -2.85. The predicted octanol–water partition coefficient (Wildman–Crippen LogP) is 6.29. The average molecular weight is 557 g/mol. The molecule has 2 aromatic heterocycles. The molecule has 1 aliphatic rings. The number of ether oxygens (including phenoxy) is 2. The number of carbonyl (C=O) groups is 2. The number of thioether (sulfide) groups is 1.